The van der Waals surface area contributed by atoms with E-state index in [1.54, 1.807) is 28.8 Å². The lowest BCUT2D eigenvalue weighted by atomic mass is 9.70. The third-order valence-corrected chi connectivity index (χ3v) is 12.2. The van der Waals surface area contributed by atoms with E-state index in [0.29, 0.717) is 18.7 Å². The fourth-order valence-electron chi connectivity index (χ4n) is 7.64. The van der Waals surface area contributed by atoms with Gasteiger partial charge < -0.3 is 25.4 Å². The van der Waals surface area contributed by atoms with E-state index in [9.17, 15) is 19.5 Å². The molecule has 0 saturated carbocycles. The first-order chi connectivity index (χ1) is 19.6. The minimum atomic E-state index is -0.793. The maximum Gasteiger partial charge on any atom is 0.244 e. The van der Waals surface area contributed by atoms with Gasteiger partial charge in [-0.3, -0.25) is 14.4 Å². The molecule has 3 aliphatic rings. The first-order valence-corrected chi connectivity index (χ1v) is 17.0. The van der Waals surface area contributed by atoms with Crippen molar-refractivity contribution in [3.63, 3.8) is 0 Å². The quantitative estimate of drug-likeness (QED) is 0.280. The summed E-state index contributed by atoms with van der Waals surface area (Å²) < 4.78 is 4.75. The number of thioether (sulfide) groups is 1. The number of halogens is 1. The molecule has 3 saturated heterocycles. The summed E-state index contributed by atoms with van der Waals surface area (Å²) in [7, 11) is 0. The number of ether oxygens (including phenoxy) is 1. The lowest BCUT2D eigenvalue weighted by Gasteiger charge is -2.41. The van der Waals surface area contributed by atoms with E-state index in [1.165, 1.54) is 0 Å². The Morgan fingerprint density at radius 2 is 1.81 bits per heavy atom. The summed E-state index contributed by atoms with van der Waals surface area (Å²) in [6.45, 7) is 16.7. The standard InChI is InChI=1S/C32H48BrN3O5S/c1-9-18(3)22(16-37)36-26(28(39)35-31(7,8)17-30(4,5)6)32-15-21(33)25(42-32)23(24(32)29(36)40)27(38)34-19-11-13-20(14-12-19)41-10-2/h11-14,18,21-26,37H,9-10,15-17H2,1-8H3,(H,34,38)(H,35,39)/t18-,21?,22-,23-,24-,25-,26?,32?/m0/s1. The van der Waals surface area contributed by atoms with Crippen molar-refractivity contribution in [1.29, 1.82) is 0 Å². The van der Waals surface area contributed by atoms with E-state index in [-0.39, 0.29) is 45.7 Å². The zero-order chi connectivity index (χ0) is 31.2. The Morgan fingerprint density at radius 1 is 1.17 bits per heavy atom. The van der Waals surface area contributed by atoms with Crippen LogP contribution in [0.15, 0.2) is 24.3 Å². The minimum Gasteiger partial charge on any atom is -0.494 e. The van der Waals surface area contributed by atoms with Crippen molar-refractivity contribution in [3.05, 3.63) is 24.3 Å². The number of fused-ring (bicyclic) bond motifs is 1. The highest BCUT2D eigenvalue weighted by molar-refractivity contribution is 9.09. The summed E-state index contributed by atoms with van der Waals surface area (Å²) in [6.07, 6.45) is 2.09. The van der Waals surface area contributed by atoms with Gasteiger partial charge in [-0.15, -0.1) is 11.8 Å². The summed E-state index contributed by atoms with van der Waals surface area (Å²) in [5.41, 5.74) is 0.104. The number of hydrogen-bond acceptors (Lipinski definition) is 6. The van der Waals surface area contributed by atoms with Gasteiger partial charge in [-0.25, -0.2) is 0 Å². The SMILES string of the molecule is CCOc1ccc(NC(=O)[C@H]2[C@H]3C(=O)N([C@@H](CO)[C@@H](C)CC)C(C(=O)NC(C)(C)CC(C)(C)C)C34CC(Br)[C@@H]2S4)cc1. The Labute approximate surface area is 263 Å². The first kappa shape index (κ1) is 33.1. The third-order valence-electron chi connectivity index (χ3n) is 8.99. The molecule has 0 radical (unpaired) electrons. The van der Waals surface area contributed by atoms with Crippen molar-refractivity contribution < 1.29 is 24.2 Å². The number of anilines is 1. The van der Waals surface area contributed by atoms with Crippen LogP contribution in [0.2, 0.25) is 0 Å². The summed E-state index contributed by atoms with van der Waals surface area (Å²) in [6, 6.07) is 5.90. The number of carbonyl (C=O) groups excluding carboxylic acids is 3. The maximum atomic E-state index is 14.5. The van der Waals surface area contributed by atoms with Crippen molar-refractivity contribution in [2.45, 2.75) is 107 Å². The molecular weight excluding hydrogens is 618 g/mol. The van der Waals surface area contributed by atoms with E-state index in [4.69, 9.17) is 4.74 Å². The number of likely N-dealkylation sites (tertiary alicyclic amines) is 1. The molecule has 0 aromatic heterocycles. The van der Waals surface area contributed by atoms with Crippen LogP contribution in [0.4, 0.5) is 5.69 Å². The second-order valence-corrected chi connectivity index (χ2v) is 16.8. The van der Waals surface area contributed by atoms with E-state index in [1.807, 2.05) is 46.8 Å². The summed E-state index contributed by atoms with van der Waals surface area (Å²) >= 11 is 5.44. The highest BCUT2D eigenvalue weighted by atomic mass is 79.9. The average molecular weight is 667 g/mol. The van der Waals surface area contributed by atoms with Gasteiger partial charge in [-0.05, 0) is 69.2 Å². The zero-order valence-electron chi connectivity index (χ0n) is 26.2. The van der Waals surface area contributed by atoms with Gasteiger partial charge in [0.25, 0.3) is 0 Å². The van der Waals surface area contributed by atoms with Crippen LogP contribution in [0.1, 0.15) is 74.7 Å². The molecule has 0 aliphatic carbocycles. The molecule has 234 valence electrons. The van der Waals surface area contributed by atoms with Crippen LogP contribution in [-0.4, -0.2) is 73.4 Å². The number of benzene rings is 1. The van der Waals surface area contributed by atoms with Crippen LogP contribution in [-0.2, 0) is 14.4 Å². The molecular formula is C32H48BrN3O5S. The molecule has 4 rings (SSSR count). The Balaban J connectivity index is 1.71. The molecule has 1 spiro atoms. The van der Waals surface area contributed by atoms with Gasteiger partial charge in [0.2, 0.25) is 17.7 Å². The molecule has 8 nitrogen and oxygen atoms in total. The zero-order valence-corrected chi connectivity index (χ0v) is 28.6. The second kappa shape index (κ2) is 12.3. The van der Waals surface area contributed by atoms with Crippen LogP contribution in [0, 0.1) is 23.2 Å². The second-order valence-electron chi connectivity index (χ2n) is 14.1. The molecule has 2 bridgehead atoms. The minimum absolute atomic E-state index is 0.0152. The number of alkyl halides is 1. The van der Waals surface area contributed by atoms with Gasteiger partial charge in [0.15, 0.2) is 0 Å². The van der Waals surface area contributed by atoms with Crippen LogP contribution in [0.5, 0.6) is 5.75 Å². The molecule has 3 amide bonds. The van der Waals surface area contributed by atoms with E-state index < -0.39 is 34.2 Å². The number of nitrogens with one attached hydrogen (secondary N) is 2. The molecule has 1 aromatic carbocycles. The molecule has 3 N–H and O–H groups in total. The van der Waals surface area contributed by atoms with Gasteiger partial charge in [0.05, 0.1) is 35.8 Å². The van der Waals surface area contributed by atoms with E-state index in [0.717, 1.165) is 18.6 Å². The Bertz CT molecular complexity index is 1170. The molecule has 3 heterocycles. The van der Waals surface area contributed by atoms with Gasteiger partial charge in [-0.2, -0.15) is 0 Å². The fourth-order valence-corrected chi connectivity index (χ4v) is 11.2. The van der Waals surface area contributed by atoms with Crippen LogP contribution >= 0.6 is 27.7 Å². The summed E-state index contributed by atoms with van der Waals surface area (Å²) in [5.74, 6) is -1.22. The monoisotopic (exact) mass is 665 g/mol. The topological polar surface area (TPSA) is 108 Å². The van der Waals surface area contributed by atoms with Crippen molar-refractivity contribution in [2.75, 3.05) is 18.5 Å². The fraction of sp³-hybridized carbons (Fsp3) is 0.719. The average Bonchev–Trinajstić information content (AvgIpc) is 3.47. The molecule has 8 atom stereocenters. The smallest absolute Gasteiger partial charge is 0.244 e. The summed E-state index contributed by atoms with van der Waals surface area (Å²) in [5, 5.41) is 16.7. The van der Waals surface area contributed by atoms with Gasteiger partial charge >= 0.3 is 0 Å². The highest BCUT2D eigenvalue weighted by Crippen LogP contribution is 2.68. The normalized spacial score (nSPS) is 30.2. The van der Waals surface area contributed by atoms with Crippen LogP contribution < -0.4 is 15.4 Å². The van der Waals surface area contributed by atoms with Crippen molar-refractivity contribution >= 4 is 51.1 Å². The Kier molecular flexibility index (Phi) is 9.71. The maximum absolute atomic E-state index is 14.5. The predicted octanol–water partition coefficient (Wildman–Crippen LogP) is 5.23. The number of aliphatic hydroxyl groups excluding tert-OH is 1. The van der Waals surface area contributed by atoms with Gasteiger partial charge in [-0.1, -0.05) is 57.0 Å². The number of amides is 3. The molecule has 10 heteroatoms. The molecule has 1 aromatic rings. The Morgan fingerprint density at radius 3 is 2.36 bits per heavy atom. The largest absolute Gasteiger partial charge is 0.494 e. The molecule has 3 fully saturated rings. The van der Waals surface area contributed by atoms with Crippen molar-refractivity contribution in [3.8, 4) is 5.75 Å². The summed E-state index contributed by atoms with van der Waals surface area (Å²) in [4.78, 5) is 44.5. The molecule has 3 aliphatic heterocycles. The van der Waals surface area contributed by atoms with Crippen LogP contribution in [0.3, 0.4) is 0 Å². The third kappa shape index (κ3) is 6.23. The number of hydrogen-bond donors (Lipinski definition) is 3. The number of rotatable bonds is 11. The molecule has 42 heavy (non-hydrogen) atoms. The Hall–Kier alpha value is -1.78. The number of carbonyl (C=O) groups is 3. The van der Waals surface area contributed by atoms with Crippen molar-refractivity contribution in [1.82, 2.24) is 10.2 Å². The van der Waals surface area contributed by atoms with Gasteiger partial charge in [0.1, 0.15) is 11.8 Å². The number of nitrogens with zero attached hydrogens (tertiary/aromatic N) is 1. The number of aliphatic hydroxyl groups is 1. The van der Waals surface area contributed by atoms with Crippen LogP contribution in [0.25, 0.3) is 0 Å². The molecule has 3 unspecified atom stereocenters. The first-order valence-electron chi connectivity index (χ1n) is 15.2. The van der Waals surface area contributed by atoms with Gasteiger partial charge in [0, 0.05) is 21.3 Å². The highest BCUT2D eigenvalue weighted by Gasteiger charge is 2.76. The lowest BCUT2D eigenvalue weighted by molar-refractivity contribution is -0.143. The van der Waals surface area contributed by atoms with Crippen molar-refractivity contribution in [2.24, 2.45) is 23.2 Å². The van der Waals surface area contributed by atoms with E-state index >= 15 is 0 Å². The predicted molar refractivity (Wildman–Crippen MR) is 172 cm³/mol. The lowest BCUT2D eigenvalue weighted by Crippen LogP contribution is -2.61. The van der Waals surface area contributed by atoms with E-state index in [2.05, 4.69) is 47.3 Å².